The highest BCUT2D eigenvalue weighted by atomic mass is 32.2. The van der Waals surface area contributed by atoms with E-state index in [1.54, 1.807) is 0 Å². The maximum atomic E-state index is 12.0. The van der Waals surface area contributed by atoms with E-state index in [1.165, 1.54) is 0 Å². The first kappa shape index (κ1) is 10.8. The second-order valence-corrected chi connectivity index (χ2v) is 5.22. The first-order valence-corrected chi connectivity index (χ1v) is 6.56. The van der Waals surface area contributed by atoms with Gasteiger partial charge in [-0.1, -0.05) is 0 Å². The molecule has 0 aromatic carbocycles. The average molecular weight is 228 g/mol. The van der Waals surface area contributed by atoms with Crippen molar-refractivity contribution in [1.29, 1.82) is 0 Å². The minimum atomic E-state index is -0.111. The van der Waals surface area contributed by atoms with Gasteiger partial charge in [0.25, 0.3) is 0 Å². The summed E-state index contributed by atoms with van der Waals surface area (Å²) >= 11 is 1.90. The van der Waals surface area contributed by atoms with Crippen LogP contribution >= 0.6 is 11.8 Å². The van der Waals surface area contributed by atoms with E-state index in [0.29, 0.717) is 13.0 Å². The predicted octanol–water partition coefficient (Wildman–Crippen LogP) is 0.0880. The summed E-state index contributed by atoms with van der Waals surface area (Å²) in [6.07, 6.45) is 1.45. The molecule has 1 atom stereocenters. The summed E-state index contributed by atoms with van der Waals surface area (Å²) in [5.41, 5.74) is 0. The van der Waals surface area contributed by atoms with Gasteiger partial charge in [-0.05, 0) is 12.2 Å². The van der Waals surface area contributed by atoms with E-state index in [9.17, 15) is 9.59 Å². The average Bonchev–Trinajstić information content (AvgIpc) is 2.53. The van der Waals surface area contributed by atoms with E-state index in [1.807, 2.05) is 16.7 Å². The highest BCUT2D eigenvalue weighted by Gasteiger charge is 2.31. The van der Waals surface area contributed by atoms with Crippen LogP contribution in [0.15, 0.2) is 0 Å². The summed E-state index contributed by atoms with van der Waals surface area (Å²) < 4.78 is 0. The number of carbonyl (C=O) groups excluding carboxylic acids is 2. The molecule has 2 fully saturated rings. The first-order valence-electron chi connectivity index (χ1n) is 5.40. The second-order valence-electron chi connectivity index (χ2n) is 4.00. The molecule has 0 bridgehead atoms. The van der Waals surface area contributed by atoms with Gasteiger partial charge in [0, 0.05) is 31.8 Å². The van der Waals surface area contributed by atoms with Gasteiger partial charge < -0.3 is 10.2 Å². The number of hydrogen-bond donors (Lipinski definition) is 1. The van der Waals surface area contributed by atoms with Crippen LogP contribution in [0.2, 0.25) is 0 Å². The van der Waals surface area contributed by atoms with Crippen molar-refractivity contribution in [2.75, 3.05) is 31.1 Å². The summed E-state index contributed by atoms with van der Waals surface area (Å²) in [7, 11) is 0. The SMILES string of the molecule is O=C1CC(C(=O)N2CCCSCC2)CN1. The minimum absolute atomic E-state index is 0.0116. The molecular weight excluding hydrogens is 212 g/mol. The Hall–Kier alpha value is -0.710. The van der Waals surface area contributed by atoms with Crippen molar-refractivity contribution in [2.24, 2.45) is 5.92 Å². The van der Waals surface area contributed by atoms with Crippen molar-refractivity contribution in [1.82, 2.24) is 10.2 Å². The number of nitrogens with one attached hydrogen (secondary N) is 1. The largest absolute Gasteiger partial charge is 0.355 e. The fraction of sp³-hybridized carbons (Fsp3) is 0.800. The minimum Gasteiger partial charge on any atom is -0.355 e. The highest BCUT2D eigenvalue weighted by Crippen LogP contribution is 2.16. The van der Waals surface area contributed by atoms with Gasteiger partial charge in [-0.3, -0.25) is 9.59 Å². The van der Waals surface area contributed by atoms with Crippen molar-refractivity contribution >= 4 is 23.6 Å². The number of hydrogen-bond acceptors (Lipinski definition) is 3. The van der Waals surface area contributed by atoms with Gasteiger partial charge in [-0.25, -0.2) is 0 Å². The van der Waals surface area contributed by atoms with Crippen LogP contribution in [0.3, 0.4) is 0 Å². The Balaban J connectivity index is 1.91. The molecule has 15 heavy (non-hydrogen) atoms. The Morgan fingerprint density at radius 3 is 3.00 bits per heavy atom. The number of thioether (sulfide) groups is 1. The standard InChI is InChI=1S/C10H16N2O2S/c13-9-6-8(7-11-9)10(14)12-2-1-4-15-5-3-12/h8H,1-7H2,(H,11,13). The molecule has 0 aromatic heterocycles. The fourth-order valence-corrected chi connectivity index (χ4v) is 2.89. The quantitative estimate of drug-likeness (QED) is 0.692. The van der Waals surface area contributed by atoms with Crippen LogP contribution in [0, 0.1) is 5.92 Å². The lowest BCUT2D eigenvalue weighted by molar-refractivity contribution is -0.135. The highest BCUT2D eigenvalue weighted by molar-refractivity contribution is 7.99. The van der Waals surface area contributed by atoms with Crippen LogP contribution < -0.4 is 5.32 Å². The van der Waals surface area contributed by atoms with Gasteiger partial charge in [-0.2, -0.15) is 11.8 Å². The molecule has 2 saturated heterocycles. The van der Waals surface area contributed by atoms with Gasteiger partial charge >= 0.3 is 0 Å². The molecule has 0 saturated carbocycles. The lowest BCUT2D eigenvalue weighted by Gasteiger charge is -2.22. The molecule has 0 aromatic rings. The maximum absolute atomic E-state index is 12.0. The second kappa shape index (κ2) is 4.88. The molecule has 2 amide bonds. The van der Waals surface area contributed by atoms with Gasteiger partial charge in [0.2, 0.25) is 11.8 Å². The molecule has 2 aliphatic heterocycles. The molecule has 0 aliphatic carbocycles. The summed E-state index contributed by atoms with van der Waals surface area (Å²) in [6.45, 7) is 2.23. The number of nitrogens with zero attached hydrogens (tertiary/aromatic N) is 1. The van der Waals surface area contributed by atoms with E-state index in [-0.39, 0.29) is 17.7 Å². The molecule has 5 heteroatoms. The van der Waals surface area contributed by atoms with E-state index < -0.39 is 0 Å². The van der Waals surface area contributed by atoms with E-state index in [0.717, 1.165) is 31.0 Å². The monoisotopic (exact) mass is 228 g/mol. The molecule has 0 spiro atoms. The Labute approximate surface area is 93.8 Å². The van der Waals surface area contributed by atoms with Crippen LogP contribution in [0.1, 0.15) is 12.8 Å². The Morgan fingerprint density at radius 1 is 1.40 bits per heavy atom. The van der Waals surface area contributed by atoms with Crippen LogP contribution in [-0.4, -0.2) is 47.9 Å². The van der Waals surface area contributed by atoms with Crippen molar-refractivity contribution in [3.05, 3.63) is 0 Å². The van der Waals surface area contributed by atoms with E-state index in [4.69, 9.17) is 0 Å². The summed E-state index contributed by atoms with van der Waals surface area (Å²) in [6, 6.07) is 0. The van der Waals surface area contributed by atoms with E-state index in [2.05, 4.69) is 5.32 Å². The molecular formula is C10H16N2O2S. The van der Waals surface area contributed by atoms with Crippen LogP contribution in [0.5, 0.6) is 0 Å². The molecule has 4 nitrogen and oxygen atoms in total. The molecule has 0 radical (unpaired) electrons. The lowest BCUT2D eigenvalue weighted by Crippen LogP contribution is -2.38. The van der Waals surface area contributed by atoms with Crippen LogP contribution in [0.25, 0.3) is 0 Å². The third kappa shape index (κ3) is 2.65. The molecule has 2 rings (SSSR count). The number of amides is 2. The zero-order chi connectivity index (χ0) is 10.7. The third-order valence-electron chi connectivity index (χ3n) is 2.86. The zero-order valence-electron chi connectivity index (χ0n) is 8.70. The number of rotatable bonds is 1. The first-order chi connectivity index (χ1) is 7.27. The summed E-state index contributed by atoms with van der Waals surface area (Å²) in [5, 5.41) is 2.71. The lowest BCUT2D eigenvalue weighted by atomic mass is 10.1. The molecule has 84 valence electrons. The van der Waals surface area contributed by atoms with Gasteiger partial charge in [0.1, 0.15) is 0 Å². The molecule has 1 N–H and O–H groups in total. The van der Waals surface area contributed by atoms with Crippen LogP contribution in [0.4, 0.5) is 0 Å². The van der Waals surface area contributed by atoms with Gasteiger partial charge in [0.05, 0.1) is 5.92 Å². The normalized spacial score (nSPS) is 27.3. The molecule has 1 unspecified atom stereocenters. The van der Waals surface area contributed by atoms with Crippen LogP contribution in [-0.2, 0) is 9.59 Å². The summed E-state index contributed by atoms with van der Waals surface area (Å²) in [5.74, 6) is 2.24. The van der Waals surface area contributed by atoms with Crippen molar-refractivity contribution < 1.29 is 9.59 Å². The Morgan fingerprint density at radius 2 is 2.27 bits per heavy atom. The van der Waals surface area contributed by atoms with Gasteiger partial charge in [0.15, 0.2) is 0 Å². The zero-order valence-corrected chi connectivity index (χ0v) is 9.52. The van der Waals surface area contributed by atoms with Crippen molar-refractivity contribution in [3.63, 3.8) is 0 Å². The Kier molecular flexibility index (Phi) is 3.51. The fourth-order valence-electron chi connectivity index (χ4n) is 2.00. The molecule has 2 heterocycles. The predicted molar refractivity (Wildman–Crippen MR) is 59.6 cm³/mol. The van der Waals surface area contributed by atoms with Gasteiger partial charge in [-0.15, -0.1) is 0 Å². The van der Waals surface area contributed by atoms with Crippen molar-refractivity contribution in [2.45, 2.75) is 12.8 Å². The summed E-state index contributed by atoms with van der Waals surface area (Å²) in [4.78, 5) is 25.0. The topological polar surface area (TPSA) is 49.4 Å². The van der Waals surface area contributed by atoms with E-state index >= 15 is 0 Å². The molecule has 2 aliphatic rings. The number of carbonyl (C=O) groups is 2. The Bertz CT molecular complexity index is 262. The van der Waals surface area contributed by atoms with Crippen molar-refractivity contribution in [3.8, 4) is 0 Å². The third-order valence-corrected chi connectivity index (χ3v) is 3.91. The smallest absolute Gasteiger partial charge is 0.228 e. The maximum Gasteiger partial charge on any atom is 0.228 e.